The highest BCUT2D eigenvalue weighted by Gasteiger charge is 2.17. The predicted molar refractivity (Wildman–Crippen MR) is 118 cm³/mol. The molecule has 31 heavy (non-hydrogen) atoms. The van der Waals surface area contributed by atoms with Crippen LogP contribution in [-0.2, 0) is 10.0 Å². The van der Waals surface area contributed by atoms with Gasteiger partial charge in [-0.05, 0) is 42.5 Å². The fourth-order valence-electron chi connectivity index (χ4n) is 2.59. The summed E-state index contributed by atoms with van der Waals surface area (Å²) in [5, 5.41) is 14.1. The van der Waals surface area contributed by atoms with Gasteiger partial charge in [-0.1, -0.05) is 35.9 Å². The van der Waals surface area contributed by atoms with Crippen LogP contribution >= 0.6 is 11.6 Å². The van der Waals surface area contributed by atoms with Crippen LogP contribution in [0.25, 0.3) is 0 Å². The standard InChI is InChI=1S/C21H18ClN3O5S/c1-30-19-11-5-7-15(20(19)26)13-23-24-21(27)14-6-4-8-16(12-14)31(28,29)25-18-10-3-2-9-17(18)22/h2-13,25-26H,1H3,(H,24,27). The van der Waals surface area contributed by atoms with Crippen molar-refractivity contribution >= 4 is 39.4 Å². The molecule has 0 radical (unpaired) electrons. The maximum absolute atomic E-state index is 12.7. The first-order valence-corrected chi connectivity index (χ1v) is 10.7. The number of hydrogen-bond donors (Lipinski definition) is 3. The number of aromatic hydroxyl groups is 1. The third-order valence-electron chi connectivity index (χ3n) is 4.14. The zero-order valence-electron chi connectivity index (χ0n) is 16.2. The average Bonchev–Trinajstić information content (AvgIpc) is 2.76. The summed E-state index contributed by atoms with van der Waals surface area (Å²) in [5.41, 5.74) is 2.93. The van der Waals surface area contributed by atoms with Gasteiger partial charge in [-0.15, -0.1) is 0 Å². The van der Waals surface area contributed by atoms with E-state index in [2.05, 4.69) is 15.2 Å². The van der Waals surface area contributed by atoms with Gasteiger partial charge in [0.05, 0.1) is 28.9 Å². The Kier molecular flexibility index (Phi) is 6.78. The highest BCUT2D eigenvalue weighted by Crippen LogP contribution is 2.28. The van der Waals surface area contributed by atoms with Crippen molar-refractivity contribution < 1.29 is 23.1 Å². The summed E-state index contributed by atoms with van der Waals surface area (Å²) < 4.78 is 32.7. The number of carbonyl (C=O) groups excluding carboxylic acids is 1. The minimum absolute atomic E-state index is 0.0778. The number of carbonyl (C=O) groups is 1. The van der Waals surface area contributed by atoms with Crippen molar-refractivity contribution in [3.05, 3.63) is 82.9 Å². The number of halogens is 1. The maximum atomic E-state index is 12.7. The number of amides is 1. The van der Waals surface area contributed by atoms with E-state index in [0.717, 1.165) is 0 Å². The number of phenolic OH excluding ortho intramolecular Hbond substituents is 1. The van der Waals surface area contributed by atoms with Crippen LogP contribution in [0.2, 0.25) is 5.02 Å². The third kappa shape index (κ3) is 5.33. The number of benzene rings is 3. The second-order valence-electron chi connectivity index (χ2n) is 6.21. The van der Waals surface area contributed by atoms with E-state index in [9.17, 15) is 18.3 Å². The van der Waals surface area contributed by atoms with Gasteiger partial charge < -0.3 is 9.84 Å². The van der Waals surface area contributed by atoms with Gasteiger partial charge in [0.2, 0.25) is 0 Å². The van der Waals surface area contributed by atoms with E-state index in [1.165, 1.54) is 43.7 Å². The van der Waals surface area contributed by atoms with E-state index in [-0.39, 0.29) is 32.7 Å². The zero-order valence-corrected chi connectivity index (χ0v) is 17.8. The number of hydrogen-bond acceptors (Lipinski definition) is 6. The molecular weight excluding hydrogens is 442 g/mol. The first-order chi connectivity index (χ1) is 14.8. The van der Waals surface area contributed by atoms with Crippen LogP contribution in [-0.4, -0.2) is 32.8 Å². The lowest BCUT2D eigenvalue weighted by Gasteiger charge is -2.10. The Morgan fingerprint density at radius 3 is 2.58 bits per heavy atom. The van der Waals surface area contributed by atoms with Crippen molar-refractivity contribution in [3.8, 4) is 11.5 Å². The van der Waals surface area contributed by atoms with Crippen molar-refractivity contribution in [3.63, 3.8) is 0 Å². The van der Waals surface area contributed by atoms with E-state index < -0.39 is 15.9 Å². The van der Waals surface area contributed by atoms with Crippen molar-refractivity contribution in [2.24, 2.45) is 5.10 Å². The number of hydrazone groups is 1. The molecule has 0 spiro atoms. The lowest BCUT2D eigenvalue weighted by atomic mass is 10.2. The Hall–Kier alpha value is -3.56. The number of nitrogens with one attached hydrogen (secondary N) is 2. The van der Waals surface area contributed by atoms with Crippen molar-refractivity contribution in [1.29, 1.82) is 0 Å². The maximum Gasteiger partial charge on any atom is 0.271 e. The molecule has 3 rings (SSSR count). The van der Waals surface area contributed by atoms with Crippen LogP contribution in [0, 0.1) is 0 Å². The number of nitrogens with zero attached hydrogens (tertiary/aromatic N) is 1. The summed E-state index contributed by atoms with van der Waals surface area (Å²) in [4.78, 5) is 12.3. The van der Waals surface area contributed by atoms with E-state index in [1.807, 2.05) is 0 Å². The van der Waals surface area contributed by atoms with Gasteiger partial charge in [0.1, 0.15) is 0 Å². The number of rotatable bonds is 7. The Bertz CT molecular complexity index is 1250. The highest BCUT2D eigenvalue weighted by atomic mass is 35.5. The summed E-state index contributed by atoms with van der Waals surface area (Å²) in [6.45, 7) is 0. The second kappa shape index (κ2) is 9.50. The lowest BCUT2D eigenvalue weighted by molar-refractivity contribution is 0.0955. The van der Waals surface area contributed by atoms with Gasteiger partial charge in [0, 0.05) is 11.1 Å². The highest BCUT2D eigenvalue weighted by molar-refractivity contribution is 7.92. The average molecular weight is 460 g/mol. The fraction of sp³-hybridized carbons (Fsp3) is 0.0476. The number of methoxy groups -OCH3 is 1. The first-order valence-electron chi connectivity index (χ1n) is 8.88. The van der Waals surface area contributed by atoms with E-state index in [4.69, 9.17) is 16.3 Å². The molecule has 0 bridgehead atoms. The second-order valence-corrected chi connectivity index (χ2v) is 8.30. The van der Waals surface area contributed by atoms with Gasteiger partial charge >= 0.3 is 0 Å². The SMILES string of the molecule is COc1cccc(C=NNC(=O)c2cccc(S(=O)(=O)Nc3ccccc3Cl)c2)c1O. The molecule has 0 saturated heterocycles. The Labute approximate surface area is 184 Å². The Morgan fingerprint density at radius 2 is 1.84 bits per heavy atom. The molecule has 0 atom stereocenters. The first kappa shape index (κ1) is 22.1. The lowest BCUT2D eigenvalue weighted by Crippen LogP contribution is -2.19. The molecular formula is C21H18ClN3O5S. The molecule has 3 aromatic carbocycles. The van der Waals surface area contributed by atoms with Crippen molar-refractivity contribution in [1.82, 2.24) is 5.43 Å². The Morgan fingerprint density at radius 1 is 1.10 bits per heavy atom. The number of anilines is 1. The smallest absolute Gasteiger partial charge is 0.271 e. The zero-order chi connectivity index (χ0) is 22.4. The third-order valence-corrected chi connectivity index (χ3v) is 5.84. The van der Waals surface area contributed by atoms with Crippen LogP contribution in [0.3, 0.4) is 0 Å². The quantitative estimate of drug-likeness (QED) is 0.368. The molecule has 0 aromatic heterocycles. The molecule has 1 amide bonds. The molecule has 0 heterocycles. The van der Waals surface area contributed by atoms with E-state index in [0.29, 0.717) is 5.56 Å². The molecule has 10 heteroatoms. The summed E-state index contributed by atoms with van der Waals surface area (Å²) in [6, 6.07) is 16.7. The van der Waals surface area contributed by atoms with Gasteiger partial charge in [-0.2, -0.15) is 5.10 Å². The molecule has 0 fully saturated rings. The largest absolute Gasteiger partial charge is 0.504 e. The normalized spacial score (nSPS) is 11.3. The summed E-state index contributed by atoms with van der Waals surface area (Å²) in [5.74, 6) is -0.491. The van der Waals surface area contributed by atoms with Gasteiger partial charge in [0.25, 0.3) is 15.9 Å². The molecule has 8 nitrogen and oxygen atoms in total. The molecule has 160 valence electrons. The van der Waals surface area contributed by atoms with Crippen LogP contribution < -0.4 is 14.9 Å². The molecule has 3 aromatic rings. The number of phenols is 1. The molecule has 0 saturated carbocycles. The van der Waals surface area contributed by atoms with Gasteiger partial charge in [-0.3, -0.25) is 9.52 Å². The van der Waals surface area contributed by atoms with Crippen LogP contribution in [0.1, 0.15) is 15.9 Å². The summed E-state index contributed by atoms with van der Waals surface area (Å²) in [7, 11) is -2.55. The van der Waals surface area contributed by atoms with Crippen LogP contribution in [0.15, 0.2) is 76.7 Å². The minimum Gasteiger partial charge on any atom is -0.504 e. The van der Waals surface area contributed by atoms with E-state index >= 15 is 0 Å². The number of ether oxygens (including phenoxy) is 1. The summed E-state index contributed by atoms with van der Waals surface area (Å²) >= 11 is 6.00. The molecule has 0 aliphatic heterocycles. The number of para-hydroxylation sites is 2. The van der Waals surface area contributed by atoms with Gasteiger partial charge in [0.15, 0.2) is 11.5 Å². The molecule has 0 unspecified atom stereocenters. The van der Waals surface area contributed by atoms with E-state index in [1.54, 1.807) is 36.4 Å². The van der Waals surface area contributed by atoms with Crippen molar-refractivity contribution in [2.75, 3.05) is 11.8 Å². The fourth-order valence-corrected chi connectivity index (χ4v) is 3.95. The summed E-state index contributed by atoms with van der Waals surface area (Å²) in [6.07, 6.45) is 1.25. The van der Waals surface area contributed by atoms with Gasteiger partial charge in [-0.25, -0.2) is 13.8 Å². The number of sulfonamides is 1. The minimum atomic E-state index is -3.97. The molecule has 3 N–H and O–H groups in total. The molecule has 0 aliphatic carbocycles. The monoisotopic (exact) mass is 459 g/mol. The van der Waals surface area contributed by atoms with Crippen LogP contribution in [0.5, 0.6) is 11.5 Å². The Balaban J connectivity index is 1.75. The van der Waals surface area contributed by atoms with Crippen LogP contribution in [0.4, 0.5) is 5.69 Å². The topological polar surface area (TPSA) is 117 Å². The molecule has 0 aliphatic rings. The predicted octanol–water partition coefficient (Wildman–Crippen LogP) is 3.62. The van der Waals surface area contributed by atoms with Crippen molar-refractivity contribution in [2.45, 2.75) is 4.90 Å².